The van der Waals surface area contributed by atoms with Crippen molar-refractivity contribution in [3.8, 4) is 6.01 Å². The number of alkyl halides is 2. The average Bonchev–Trinajstić information content (AvgIpc) is 3.52. The van der Waals surface area contributed by atoms with Gasteiger partial charge in [0.2, 0.25) is 0 Å². The smallest absolute Gasteiger partial charge is 0.330 e. The van der Waals surface area contributed by atoms with Gasteiger partial charge in [-0.3, -0.25) is 23.7 Å². The second-order valence-electron chi connectivity index (χ2n) is 11.1. The van der Waals surface area contributed by atoms with E-state index in [-0.39, 0.29) is 13.4 Å². The van der Waals surface area contributed by atoms with Gasteiger partial charge in [-0.05, 0) is 27.7 Å². The number of ether oxygens (including phenoxy) is 7. The third-order valence-corrected chi connectivity index (χ3v) is 7.12. The zero-order chi connectivity index (χ0) is 29.5. The van der Waals surface area contributed by atoms with E-state index in [9.17, 15) is 28.3 Å². The molecular formula is C25H32F2N4O11. The van der Waals surface area contributed by atoms with Crippen molar-refractivity contribution in [1.82, 2.24) is 19.1 Å². The summed E-state index contributed by atoms with van der Waals surface area (Å²) in [5.74, 6) is -6.58. The van der Waals surface area contributed by atoms with Crippen molar-refractivity contribution in [2.45, 2.75) is 95.3 Å². The van der Waals surface area contributed by atoms with Gasteiger partial charge < -0.3 is 38.3 Å². The van der Waals surface area contributed by atoms with E-state index in [1.54, 1.807) is 27.7 Å². The first-order chi connectivity index (χ1) is 19.1. The van der Waals surface area contributed by atoms with Gasteiger partial charge in [-0.15, -0.1) is 0 Å². The molecular weight excluding hydrogens is 570 g/mol. The molecule has 4 saturated heterocycles. The van der Waals surface area contributed by atoms with E-state index in [0.29, 0.717) is 0 Å². The minimum atomic E-state index is -2.49. The Balaban J connectivity index is 0.000000164. The van der Waals surface area contributed by atoms with E-state index in [0.717, 1.165) is 10.6 Å². The van der Waals surface area contributed by atoms with Crippen LogP contribution in [0.5, 0.6) is 6.01 Å². The van der Waals surface area contributed by atoms with E-state index >= 15 is 0 Å². The third-order valence-electron chi connectivity index (χ3n) is 7.12. The molecule has 2 aromatic rings. The molecule has 0 aromatic carbocycles. The van der Waals surface area contributed by atoms with Crippen molar-refractivity contribution in [1.29, 1.82) is 0 Å². The summed E-state index contributed by atoms with van der Waals surface area (Å²) < 4.78 is 70.1. The number of hydrogen-bond donors (Lipinski definition) is 2. The molecule has 5 aliphatic heterocycles. The van der Waals surface area contributed by atoms with Crippen molar-refractivity contribution in [2.75, 3.05) is 13.2 Å². The standard InChI is InChI=1S/C12H15FN2O6.C12H13FN2O5.CH4/c1-11(2)19-7-8(20-11)12(13,5-16)21-9(7)15-4-3-6(17)14-10(15)18;1-11(2)18-7-8(19-11)12(13)5-17-10-14-6(16)3-4-15(10)9(7)20-12;/h3-4,7-9,16H,5H2,1-2H3,(H,14,17,18);3-4,7-9H,5H2,1-2H3;1H4/t2*7-,8?,9+,12+;/m00./s1. The first kappa shape index (κ1) is 30.4. The van der Waals surface area contributed by atoms with Crippen LogP contribution >= 0.6 is 0 Å². The predicted molar refractivity (Wildman–Crippen MR) is 135 cm³/mol. The van der Waals surface area contributed by atoms with Crippen LogP contribution in [0.1, 0.15) is 47.6 Å². The zero-order valence-electron chi connectivity index (χ0n) is 22.3. The van der Waals surface area contributed by atoms with Gasteiger partial charge in [-0.2, -0.15) is 4.98 Å². The van der Waals surface area contributed by atoms with E-state index < -0.39 is 90.2 Å². The van der Waals surface area contributed by atoms with Gasteiger partial charge in [0.15, 0.2) is 42.8 Å². The molecule has 0 amide bonds. The number of nitrogens with one attached hydrogen (secondary N) is 1. The van der Waals surface area contributed by atoms with Gasteiger partial charge in [0.05, 0.1) is 0 Å². The number of aromatic amines is 1. The van der Waals surface area contributed by atoms with E-state index in [1.807, 2.05) is 0 Å². The lowest BCUT2D eigenvalue weighted by molar-refractivity contribution is -0.265. The van der Waals surface area contributed by atoms with Gasteiger partial charge in [-0.1, -0.05) is 7.43 Å². The molecule has 7 heterocycles. The van der Waals surface area contributed by atoms with Crippen LogP contribution in [0.4, 0.5) is 8.78 Å². The van der Waals surface area contributed by atoms with Crippen LogP contribution in [0.2, 0.25) is 0 Å². The first-order valence-corrected chi connectivity index (χ1v) is 12.7. The lowest BCUT2D eigenvalue weighted by Gasteiger charge is -2.27. The van der Waals surface area contributed by atoms with Crippen molar-refractivity contribution >= 4 is 0 Å². The Morgan fingerprint density at radius 1 is 0.905 bits per heavy atom. The largest absolute Gasteiger partial charge is 0.458 e. The van der Waals surface area contributed by atoms with E-state index in [1.165, 1.54) is 23.0 Å². The maximum absolute atomic E-state index is 14.9. The Bertz CT molecular complexity index is 1530. The Morgan fingerprint density at radius 2 is 1.50 bits per heavy atom. The molecule has 5 aliphatic rings. The number of H-pyrrole nitrogens is 1. The van der Waals surface area contributed by atoms with Crippen LogP contribution in [0.3, 0.4) is 0 Å². The van der Waals surface area contributed by atoms with Gasteiger partial charge in [-0.25, -0.2) is 13.6 Å². The highest BCUT2D eigenvalue weighted by molar-refractivity contribution is 5.11. The van der Waals surface area contributed by atoms with Crippen LogP contribution in [-0.2, 0) is 28.4 Å². The summed E-state index contributed by atoms with van der Waals surface area (Å²) in [6, 6.07) is 2.39. The highest BCUT2D eigenvalue weighted by Crippen LogP contribution is 2.51. The summed E-state index contributed by atoms with van der Waals surface area (Å²) in [6.07, 6.45) is -2.91. The molecule has 0 radical (unpaired) electrons. The molecule has 0 saturated carbocycles. The number of nitrogens with zero attached hydrogens (tertiary/aromatic N) is 3. The predicted octanol–water partition coefficient (Wildman–Crippen LogP) is 0.230. The molecule has 232 valence electrons. The number of rotatable bonds is 2. The lowest BCUT2D eigenvalue weighted by atomic mass is 10.1. The maximum Gasteiger partial charge on any atom is 0.330 e. The van der Waals surface area contributed by atoms with Crippen LogP contribution < -0.4 is 21.5 Å². The fourth-order valence-corrected chi connectivity index (χ4v) is 5.49. The minimum Gasteiger partial charge on any atom is -0.458 e. The molecule has 8 atom stereocenters. The van der Waals surface area contributed by atoms with Gasteiger partial charge in [0.1, 0.15) is 18.8 Å². The van der Waals surface area contributed by atoms with Crippen molar-refractivity contribution in [3.05, 3.63) is 55.7 Å². The zero-order valence-corrected chi connectivity index (χ0v) is 22.3. The summed E-state index contributed by atoms with van der Waals surface area (Å²) in [4.78, 5) is 40.0. The highest BCUT2D eigenvalue weighted by atomic mass is 19.2. The summed E-state index contributed by atoms with van der Waals surface area (Å²) in [5.41, 5.74) is -1.80. The topological polar surface area (TPSA) is 175 Å². The Hall–Kier alpha value is -3.06. The highest BCUT2D eigenvalue weighted by Gasteiger charge is 2.67. The third kappa shape index (κ3) is 4.97. The molecule has 2 aromatic heterocycles. The maximum atomic E-state index is 14.9. The Labute approximate surface area is 236 Å². The SMILES string of the molecule is C.CC1(C)OC2[C@H](O1)[C@H](n1ccc(=O)[nH]c1=O)O[C@]2(F)CO.CC1(C)OC2[C@H](O1)[C@H]1O[C@]2(F)COc2nc(=O)ccn21. The Morgan fingerprint density at radius 3 is 2.14 bits per heavy atom. The molecule has 2 bridgehead atoms. The van der Waals surface area contributed by atoms with Crippen molar-refractivity contribution < 1.29 is 47.0 Å². The first-order valence-electron chi connectivity index (χ1n) is 12.7. The number of hydrogen-bond acceptors (Lipinski definition) is 12. The molecule has 0 spiro atoms. The van der Waals surface area contributed by atoms with Gasteiger partial charge in [0, 0.05) is 24.5 Å². The summed E-state index contributed by atoms with van der Waals surface area (Å²) >= 11 is 0. The number of halogens is 2. The van der Waals surface area contributed by atoms with Crippen molar-refractivity contribution in [2.24, 2.45) is 0 Å². The van der Waals surface area contributed by atoms with Crippen molar-refractivity contribution in [3.63, 3.8) is 0 Å². The van der Waals surface area contributed by atoms with Crippen LogP contribution in [0, 0.1) is 0 Å². The quantitative estimate of drug-likeness (QED) is 0.480. The minimum absolute atomic E-state index is 0. The fraction of sp³-hybridized carbons (Fsp3) is 0.680. The number of aliphatic hydroxyl groups excluding tert-OH is 1. The van der Waals surface area contributed by atoms with Crippen LogP contribution in [0.25, 0.3) is 0 Å². The summed E-state index contributed by atoms with van der Waals surface area (Å²) in [7, 11) is 0. The number of fused-ring (bicyclic) bond motifs is 8. The molecule has 15 nitrogen and oxygen atoms in total. The monoisotopic (exact) mass is 602 g/mol. The average molecular weight is 603 g/mol. The van der Waals surface area contributed by atoms with Crippen LogP contribution in [-0.4, -0.2) is 85.1 Å². The fourth-order valence-electron chi connectivity index (χ4n) is 5.49. The second-order valence-corrected chi connectivity index (χ2v) is 11.1. The normalized spacial score (nSPS) is 38.2. The molecule has 0 aliphatic carbocycles. The number of aliphatic hydroxyl groups is 1. The molecule has 42 heavy (non-hydrogen) atoms. The second kappa shape index (κ2) is 10.0. The molecule has 2 unspecified atom stereocenters. The molecule has 4 fully saturated rings. The van der Waals surface area contributed by atoms with Gasteiger partial charge >= 0.3 is 11.7 Å². The lowest BCUT2D eigenvalue weighted by Crippen LogP contribution is -2.44. The molecule has 2 N–H and O–H groups in total. The van der Waals surface area contributed by atoms with E-state index in [4.69, 9.17) is 33.2 Å². The summed E-state index contributed by atoms with van der Waals surface area (Å²) in [6.45, 7) is 5.27. The Kier molecular flexibility index (Phi) is 7.24. The van der Waals surface area contributed by atoms with Gasteiger partial charge in [0.25, 0.3) is 22.8 Å². The van der Waals surface area contributed by atoms with Crippen LogP contribution in [0.15, 0.2) is 38.9 Å². The van der Waals surface area contributed by atoms with E-state index in [2.05, 4.69) is 9.97 Å². The summed E-state index contributed by atoms with van der Waals surface area (Å²) in [5, 5.41) is 9.24. The number of aromatic nitrogens is 4. The molecule has 7 rings (SSSR count). The molecule has 17 heteroatoms.